The highest BCUT2D eigenvalue weighted by Gasteiger charge is 2.29. The van der Waals surface area contributed by atoms with Crippen LogP contribution in [-0.4, -0.2) is 41.6 Å². The van der Waals surface area contributed by atoms with Gasteiger partial charge in [0.1, 0.15) is 11.5 Å². The number of benzene rings is 2. The number of nitrogens with zero attached hydrogens (tertiary/aromatic N) is 2. The minimum atomic E-state index is -0.335. The first-order valence-corrected chi connectivity index (χ1v) is 18.6. The normalized spacial score (nSPS) is 12.8. The fraction of sp³-hybridized carbons (Fsp3) is 0.515. The van der Waals surface area contributed by atoms with Gasteiger partial charge in [0, 0.05) is 41.6 Å². The van der Waals surface area contributed by atoms with E-state index in [0.29, 0.717) is 51.6 Å². The summed E-state index contributed by atoms with van der Waals surface area (Å²) in [7, 11) is 0. The number of rotatable bonds is 20. The van der Waals surface area contributed by atoms with E-state index < -0.39 is 0 Å². The zero-order valence-electron chi connectivity index (χ0n) is 26.2. The van der Waals surface area contributed by atoms with Crippen LogP contribution < -0.4 is 21.0 Å². The molecule has 0 aromatic heterocycles. The number of anilines is 3. The molecule has 0 aliphatic carbocycles. The van der Waals surface area contributed by atoms with Gasteiger partial charge in [-0.2, -0.15) is 21.9 Å². The second kappa shape index (κ2) is 20.9. The van der Waals surface area contributed by atoms with Gasteiger partial charge in [0.2, 0.25) is 11.8 Å². The van der Waals surface area contributed by atoms with Crippen LogP contribution in [0, 0.1) is 0 Å². The van der Waals surface area contributed by atoms with Crippen LogP contribution in [0.15, 0.2) is 35.4 Å². The molecule has 0 saturated heterocycles. The van der Waals surface area contributed by atoms with Crippen molar-refractivity contribution < 1.29 is 14.4 Å². The van der Waals surface area contributed by atoms with Crippen LogP contribution in [0.1, 0.15) is 90.4 Å². The topological polar surface area (TPSA) is 103 Å². The molecule has 46 heavy (non-hydrogen) atoms. The van der Waals surface area contributed by atoms with Crippen molar-refractivity contribution >= 4 is 98.8 Å². The highest BCUT2D eigenvalue weighted by Crippen LogP contribution is 2.38. The highest BCUT2D eigenvalue weighted by molar-refractivity contribution is 7.99. The second-order valence-electron chi connectivity index (χ2n) is 11.2. The quantitative estimate of drug-likeness (QED) is 0.118. The van der Waals surface area contributed by atoms with Crippen molar-refractivity contribution in [3.63, 3.8) is 0 Å². The number of hydrogen-bond donors (Lipinski definition) is 3. The molecule has 0 atom stereocenters. The molecule has 252 valence electrons. The third-order valence-electron chi connectivity index (χ3n) is 7.30. The van der Waals surface area contributed by atoms with Gasteiger partial charge in [-0.25, -0.2) is 0 Å². The van der Waals surface area contributed by atoms with Crippen molar-refractivity contribution in [1.82, 2.24) is 5.32 Å². The minimum absolute atomic E-state index is 0.0310. The van der Waals surface area contributed by atoms with Crippen molar-refractivity contribution in [2.45, 2.75) is 90.4 Å². The lowest BCUT2D eigenvalue weighted by Crippen LogP contribution is -2.24. The van der Waals surface area contributed by atoms with Gasteiger partial charge < -0.3 is 16.0 Å². The van der Waals surface area contributed by atoms with Crippen LogP contribution in [0.25, 0.3) is 0 Å². The molecular formula is C33H43Cl4N5O3S. The molecule has 1 aliphatic rings. The Labute approximate surface area is 296 Å². The number of amidine groups is 1. The summed E-state index contributed by atoms with van der Waals surface area (Å²) >= 11 is 26.5. The van der Waals surface area contributed by atoms with Crippen molar-refractivity contribution in [3.8, 4) is 0 Å². The molecule has 3 rings (SSSR count). The Kier molecular flexibility index (Phi) is 17.4. The average molecular weight is 732 g/mol. The Balaban J connectivity index is 1.31. The molecular weight excluding hydrogens is 688 g/mol. The van der Waals surface area contributed by atoms with E-state index in [0.717, 1.165) is 24.4 Å². The largest absolute Gasteiger partial charge is 0.356 e. The number of unbranched alkanes of at least 4 members (excludes halogenated alkanes) is 9. The maximum absolute atomic E-state index is 12.7. The zero-order valence-corrected chi connectivity index (χ0v) is 30.1. The monoisotopic (exact) mass is 729 g/mol. The molecule has 0 radical (unpaired) electrons. The van der Waals surface area contributed by atoms with Crippen LogP contribution in [0.5, 0.6) is 0 Å². The summed E-state index contributed by atoms with van der Waals surface area (Å²) in [5, 5.41) is 15.5. The maximum atomic E-state index is 12.7. The fourth-order valence-corrected chi connectivity index (χ4v) is 6.85. The van der Waals surface area contributed by atoms with E-state index in [4.69, 9.17) is 46.4 Å². The lowest BCUT2D eigenvalue weighted by Gasteiger charge is -2.15. The summed E-state index contributed by atoms with van der Waals surface area (Å²) in [5.41, 5.74) is 1.25. The SMILES string of the molecule is CCCCCCCCCCCCNC(=O)CCSCCC(=O)Nc1ccc(Cl)c(NC2=NN(c3c(Cl)cc(Cl)cc3Cl)C(=O)C2)c1. The zero-order chi connectivity index (χ0) is 33.3. The molecule has 0 unspecified atom stereocenters. The predicted molar refractivity (Wildman–Crippen MR) is 196 cm³/mol. The smallest absolute Gasteiger partial charge is 0.255 e. The number of nitrogens with one attached hydrogen (secondary N) is 3. The van der Waals surface area contributed by atoms with E-state index >= 15 is 0 Å². The second-order valence-corrected chi connectivity index (χ2v) is 14.0. The van der Waals surface area contributed by atoms with Gasteiger partial charge in [-0.15, -0.1) is 0 Å². The third-order valence-corrected chi connectivity index (χ3v) is 9.41. The summed E-state index contributed by atoms with van der Waals surface area (Å²) in [4.78, 5) is 37.3. The van der Waals surface area contributed by atoms with Gasteiger partial charge in [-0.05, 0) is 36.8 Å². The number of hydrogen-bond acceptors (Lipinski definition) is 6. The van der Waals surface area contributed by atoms with Crippen LogP contribution in [0.2, 0.25) is 20.1 Å². The molecule has 0 fully saturated rings. The molecule has 2 aromatic rings. The molecule has 1 heterocycles. The lowest BCUT2D eigenvalue weighted by atomic mass is 10.1. The summed E-state index contributed by atoms with van der Waals surface area (Å²) in [6.45, 7) is 2.97. The number of halogens is 4. The number of hydrazone groups is 1. The van der Waals surface area contributed by atoms with E-state index in [-0.39, 0.29) is 39.9 Å². The molecule has 3 N–H and O–H groups in total. The maximum Gasteiger partial charge on any atom is 0.255 e. The van der Waals surface area contributed by atoms with Gasteiger partial charge in [-0.1, -0.05) is 111 Å². The standard InChI is InChI=1S/C33H43Cl4N5O3S/c1-2-3-4-5-6-7-8-9-10-11-16-38-30(43)14-17-46-18-15-31(44)39-24-12-13-25(35)28(21-24)40-29-22-32(45)42(41-29)33-26(36)19-23(34)20-27(33)37/h12-13,19-21H,2-11,14-18,22H2,1H3,(H,38,43)(H,39,44)(H,40,41). The molecule has 0 spiro atoms. The van der Waals surface area contributed by atoms with Crippen LogP contribution in [0.4, 0.5) is 17.1 Å². The third kappa shape index (κ3) is 13.5. The number of carbonyl (C=O) groups is 3. The first-order valence-electron chi connectivity index (χ1n) is 15.9. The Morgan fingerprint density at radius 2 is 1.43 bits per heavy atom. The van der Waals surface area contributed by atoms with Gasteiger partial charge in [-0.3, -0.25) is 14.4 Å². The molecule has 2 aromatic carbocycles. The first kappa shape index (κ1) is 38.3. The molecule has 13 heteroatoms. The Bertz CT molecular complexity index is 1340. The number of amides is 3. The van der Waals surface area contributed by atoms with Crippen molar-refractivity contribution in [1.29, 1.82) is 0 Å². The molecule has 0 saturated carbocycles. The summed E-state index contributed by atoms with van der Waals surface area (Å²) in [6.07, 6.45) is 13.4. The van der Waals surface area contributed by atoms with E-state index in [1.54, 1.807) is 30.0 Å². The number of thioether (sulfide) groups is 1. The van der Waals surface area contributed by atoms with Gasteiger partial charge in [0.15, 0.2) is 0 Å². The summed E-state index contributed by atoms with van der Waals surface area (Å²) in [5.74, 6) is 1.17. The minimum Gasteiger partial charge on any atom is -0.356 e. The molecule has 3 amide bonds. The summed E-state index contributed by atoms with van der Waals surface area (Å²) in [6, 6.07) is 7.97. The highest BCUT2D eigenvalue weighted by atomic mass is 35.5. The number of carbonyl (C=O) groups excluding carboxylic acids is 3. The molecule has 8 nitrogen and oxygen atoms in total. The Hall–Kier alpha value is -2.17. The van der Waals surface area contributed by atoms with E-state index in [1.807, 2.05) is 0 Å². The van der Waals surface area contributed by atoms with Gasteiger partial charge >= 0.3 is 0 Å². The van der Waals surface area contributed by atoms with E-state index in [1.165, 1.54) is 63.5 Å². The predicted octanol–water partition coefficient (Wildman–Crippen LogP) is 9.95. The lowest BCUT2D eigenvalue weighted by molar-refractivity contribution is -0.120. The van der Waals surface area contributed by atoms with E-state index in [2.05, 4.69) is 28.0 Å². The summed E-state index contributed by atoms with van der Waals surface area (Å²) < 4.78 is 0. The first-order chi connectivity index (χ1) is 22.2. The van der Waals surface area contributed by atoms with Crippen molar-refractivity contribution in [3.05, 3.63) is 50.4 Å². The molecule has 0 bridgehead atoms. The Morgan fingerprint density at radius 1 is 0.826 bits per heavy atom. The van der Waals surface area contributed by atoms with Gasteiger partial charge in [0.25, 0.3) is 5.91 Å². The van der Waals surface area contributed by atoms with Crippen LogP contribution in [0.3, 0.4) is 0 Å². The van der Waals surface area contributed by atoms with E-state index in [9.17, 15) is 14.4 Å². The fourth-order valence-electron chi connectivity index (χ4n) is 4.85. The van der Waals surface area contributed by atoms with Crippen LogP contribution in [-0.2, 0) is 14.4 Å². The van der Waals surface area contributed by atoms with Crippen molar-refractivity contribution in [2.24, 2.45) is 5.10 Å². The average Bonchev–Trinajstić information content (AvgIpc) is 3.35. The molecule has 1 aliphatic heterocycles. The van der Waals surface area contributed by atoms with Crippen LogP contribution >= 0.6 is 58.2 Å². The van der Waals surface area contributed by atoms with Crippen molar-refractivity contribution in [2.75, 3.05) is 33.7 Å². The Morgan fingerprint density at radius 3 is 2.09 bits per heavy atom. The van der Waals surface area contributed by atoms with Gasteiger partial charge in [0.05, 0.1) is 27.2 Å².